The minimum atomic E-state index is -5.87. The first-order chi connectivity index (χ1) is 18.4. The van der Waals surface area contributed by atoms with E-state index < -0.39 is 40.3 Å². The van der Waals surface area contributed by atoms with Crippen molar-refractivity contribution in [2.24, 2.45) is 0 Å². The second kappa shape index (κ2) is 8.27. The number of rotatable bonds is 2. The van der Waals surface area contributed by atoms with Gasteiger partial charge in [0.1, 0.15) is 0 Å². The summed E-state index contributed by atoms with van der Waals surface area (Å²) in [5, 5.41) is 2.18. The van der Waals surface area contributed by atoms with Crippen LogP contribution in [0.15, 0.2) is 97.1 Å². The fourth-order valence-electron chi connectivity index (χ4n) is 5.75. The summed E-state index contributed by atoms with van der Waals surface area (Å²) < 4.78 is 92.7. The molecule has 0 aliphatic carbocycles. The lowest BCUT2D eigenvalue weighted by atomic mass is 9.68. The lowest BCUT2D eigenvalue weighted by Crippen LogP contribution is -2.55. The highest BCUT2D eigenvalue weighted by atomic mass is 19.4. The molecule has 0 fully saturated rings. The van der Waals surface area contributed by atoms with E-state index in [0.29, 0.717) is 21.5 Å². The van der Waals surface area contributed by atoms with E-state index in [4.69, 9.17) is 11.5 Å². The van der Waals surface area contributed by atoms with Crippen LogP contribution in [0.25, 0.3) is 43.1 Å². The molecule has 196 valence electrons. The largest absolute Gasteiger partial charge is 0.411 e. The van der Waals surface area contributed by atoms with Crippen LogP contribution in [0, 0.1) is 0 Å². The van der Waals surface area contributed by atoms with Crippen molar-refractivity contribution in [3.63, 3.8) is 0 Å². The second-order valence-electron chi connectivity index (χ2n) is 9.65. The first-order valence-corrected chi connectivity index (χ1v) is 12.0. The van der Waals surface area contributed by atoms with E-state index in [2.05, 4.69) is 0 Å². The maximum absolute atomic E-state index is 15.5. The van der Waals surface area contributed by atoms with Crippen molar-refractivity contribution < 1.29 is 26.3 Å². The zero-order valence-electron chi connectivity index (χ0n) is 20.2. The smallest absolute Gasteiger partial charge is 0.398 e. The summed E-state index contributed by atoms with van der Waals surface area (Å²) in [5.74, 6) is 0. The van der Waals surface area contributed by atoms with E-state index in [1.807, 2.05) is 0 Å². The molecule has 0 aliphatic heterocycles. The van der Waals surface area contributed by atoms with E-state index in [-0.39, 0.29) is 21.5 Å². The molecule has 0 aliphatic rings. The van der Waals surface area contributed by atoms with E-state index in [1.165, 1.54) is 24.3 Å². The monoisotopic (exact) mass is 534 g/mol. The molecule has 8 heteroatoms. The molecule has 0 aromatic heterocycles. The molecule has 0 heterocycles. The van der Waals surface area contributed by atoms with Crippen LogP contribution in [-0.2, 0) is 5.41 Å². The van der Waals surface area contributed by atoms with Gasteiger partial charge in [-0.25, -0.2) is 0 Å². The summed E-state index contributed by atoms with van der Waals surface area (Å²) in [6.45, 7) is 0. The minimum Gasteiger partial charge on any atom is -0.398 e. The molecular weight excluding hydrogens is 514 g/mol. The minimum absolute atomic E-state index is 0.194. The van der Waals surface area contributed by atoms with Crippen molar-refractivity contribution >= 4 is 54.5 Å². The predicted octanol–water partition coefficient (Wildman–Crippen LogP) is 8.87. The lowest BCUT2D eigenvalue weighted by Gasteiger charge is -2.41. The number of fused-ring (bicyclic) bond motifs is 4. The Balaban J connectivity index is 1.88. The molecule has 0 spiro atoms. The maximum atomic E-state index is 15.5. The fourth-order valence-corrected chi connectivity index (χ4v) is 5.75. The van der Waals surface area contributed by atoms with Gasteiger partial charge < -0.3 is 11.5 Å². The third-order valence-electron chi connectivity index (χ3n) is 7.44. The van der Waals surface area contributed by atoms with Crippen molar-refractivity contribution in [1.29, 1.82) is 0 Å². The van der Waals surface area contributed by atoms with Gasteiger partial charge in [-0.2, -0.15) is 26.3 Å². The Morgan fingerprint density at radius 2 is 0.744 bits per heavy atom. The highest BCUT2D eigenvalue weighted by molar-refractivity contribution is 6.05. The van der Waals surface area contributed by atoms with Gasteiger partial charge in [0.15, 0.2) is 0 Å². The Hall–Kier alpha value is -4.46. The summed E-state index contributed by atoms with van der Waals surface area (Å²) in [5.41, 5.74) is 4.21. The molecule has 6 rings (SSSR count). The van der Waals surface area contributed by atoms with Gasteiger partial charge in [-0.15, -0.1) is 0 Å². The van der Waals surface area contributed by atoms with Crippen LogP contribution in [0.2, 0.25) is 0 Å². The Kier molecular flexibility index (Phi) is 5.27. The lowest BCUT2D eigenvalue weighted by molar-refractivity contribution is -0.287. The predicted molar refractivity (Wildman–Crippen MR) is 145 cm³/mol. The molecule has 0 saturated carbocycles. The Bertz CT molecular complexity index is 1780. The van der Waals surface area contributed by atoms with Crippen molar-refractivity contribution in [1.82, 2.24) is 0 Å². The highest BCUT2D eigenvalue weighted by Crippen LogP contribution is 2.61. The van der Waals surface area contributed by atoms with Crippen LogP contribution in [0.1, 0.15) is 11.1 Å². The molecule has 0 amide bonds. The van der Waals surface area contributed by atoms with Crippen LogP contribution in [-0.4, -0.2) is 12.4 Å². The molecule has 0 atom stereocenters. The zero-order valence-corrected chi connectivity index (χ0v) is 20.2. The number of nitrogen functional groups attached to an aromatic ring is 2. The highest BCUT2D eigenvalue weighted by Gasteiger charge is 2.74. The van der Waals surface area contributed by atoms with Gasteiger partial charge in [-0.1, -0.05) is 60.7 Å². The molecule has 4 N–H and O–H groups in total. The van der Waals surface area contributed by atoms with Crippen LogP contribution < -0.4 is 11.5 Å². The molecule has 0 radical (unpaired) electrons. The Morgan fingerprint density at radius 3 is 1.08 bits per heavy atom. The van der Waals surface area contributed by atoms with Gasteiger partial charge in [0.05, 0.1) is 0 Å². The zero-order chi connectivity index (χ0) is 27.7. The van der Waals surface area contributed by atoms with Crippen molar-refractivity contribution in [3.05, 3.63) is 108 Å². The van der Waals surface area contributed by atoms with Gasteiger partial charge >= 0.3 is 12.4 Å². The fraction of sp³-hybridized carbons (Fsp3) is 0.0968. The van der Waals surface area contributed by atoms with Crippen LogP contribution in [0.4, 0.5) is 37.7 Å². The average molecular weight is 535 g/mol. The number of anilines is 2. The number of nitrogens with two attached hydrogens (primary N) is 2. The Labute approximate surface area is 218 Å². The molecule has 6 aromatic rings. The number of alkyl halides is 6. The number of hydrogen-bond acceptors (Lipinski definition) is 2. The number of benzene rings is 6. The van der Waals surface area contributed by atoms with Gasteiger partial charge in [0, 0.05) is 22.5 Å². The summed E-state index contributed by atoms with van der Waals surface area (Å²) in [4.78, 5) is 0. The third kappa shape index (κ3) is 3.51. The molecule has 0 unspecified atom stereocenters. The first kappa shape index (κ1) is 24.9. The first-order valence-electron chi connectivity index (χ1n) is 12.0. The molecule has 6 aromatic carbocycles. The molecule has 39 heavy (non-hydrogen) atoms. The van der Waals surface area contributed by atoms with Crippen molar-refractivity contribution in [2.75, 3.05) is 11.5 Å². The van der Waals surface area contributed by atoms with Crippen molar-refractivity contribution in [2.45, 2.75) is 17.8 Å². The Morgan fingerprint density at radius 1 is 0.410 bits per heavy atom. The molecule has 0 saturated heterocycles. The molecular formula is C31H20F6N2. The normalized spacial score (nSPS) is 13.1. The average Bonchev–Trinajstić information content (AvgIpc) is 2.87. The number of hydrogen-bond donors (Lipinski definition) is 2. The summed E-state index contributed by atoms with van der Waals surface area (Å²) in [6.07, 6.45) is -11.7. The van der Waals surface area contributed by atoms with E-state index in [1.54, 1.807) is 60.7 Å². The van der Waals surface area contributed by atoms with Crippen molar-refractivity contribution in [3.8, 4) is 0 Å². The second-order valence-corrected chi connectivity index (χ2v) is 9.65. The van der Waals surface area contributed by atoms with Crippen LogP contribution >= 0.6 is 0 Å². The van der Waals surface area contributed by atoms with Gasteiger partial charge in [0.25, 0.3) is 0 Å². The quantitative estimate of drug-likeness (QED) is 0.132. The van der Waals surface area contributed by atoms with Crippen LogP contribution in [0.5, 0.6) is 0 Å². The van der Waals surface area contributed by atoms with E-state index in [0.717, 1.165) is 12.1 Å². The standard InChI is InChI=1S/C31H20F6N2/c32-30(33,34)29(31(35,36)37,27-23-15-19-7-3-1-5-17(19)13-21(23)9-11-25(27)38)28-24-16-20-8-4-2-6-18(20)14-22(24)10-12-26(28)39/h1-16H,38-39H2. The van der Waals surface area contributed by atoms with Gasteiger partial charge in [-0.3, -0.25) is 0 Å². The summed E-state index contributed by atoms with van der Waals surface area (Å²) in [7, 11) is 0. The van der Waals surface area contributed by atoms with E-state index >= 15 is 26.3 Å². The summed E-state index contributed by atoms with van der Waals surface area (Å²) in [6, 6.07) is 24.4. The molecule has 2 nitrogen and oxygen atoms in total. The topological polar surface area (TPSA) is 52.0 Å². The van der Waals surface area contributed by atoms with E-state index in [9.17, 15) is 0 Å². The summed E-state index contributed by atoms with van der Waals surface area (Å²) >= 11 is 0. The maximum Gasteiger partial charge on any atom is 0.411 e. The van der Waals surface area contributed by atoms with Crippen LogP contribution in [0.3, 0.4) is 0 Å². The molecule has 0 bridgehead atoms. The third-order valence-corrected chi connectivity index (χ3v) is 7.44. The SMILES string of the molecule is Nc1ccc2cc3ccccc3cc2c1C(c1c(N)ccc2cc3ccccc3cc12)(C(F)(F)F)C(F)(F)F. The van der Waals surface area contributed by atoms with Gasteiger partial charge in [-0.05, 0) is 79.5 Å². The number of halogens is 6. The van der Waals surface area contributed by atoms with Gasteiger partial charge in [0.2, 0.25) is 5.41 Å².